The van der Waals surface area contributed by atoms with Gasteiger partial charge in [0.2, 0.25) is 5.28 Å². The molecular formula is C20H20ClN3O. The summed E-state index contributed by atoms with van der Waals surface area (Å²) in [5.74, 6) is 0.803. The summed E-state index contributed by atoms with van der Waals surface area (Å²) in [5, 5.41) is 3.42. The van der Waals surface area contributed by atoms with Crippen molar-refractivity contribution in [3.63, 3.8) is 0 Å². The molecule has 2 aromatic carbocycles. The van der Waals surface area contributed by atoms with Gasteiger partial charge >= 0.3 is 0 Å². The summed E-state index contributed by atoms with van der Waals surface area (Å²) >= 11 is 5.90. The van der Waals surface area contributed by atoms with Gasteiger partial charge in [-0.25, -0.2) is 9.97 Å². The third-order valence-electron chi connectivity index (χ3n) is 3.86. The van der Waals surface area contributed by atoms with Crippen molar-refractivity contribution in [3.8, 4) is 17.0 Å². The Hall–Kier alpha value is -2.43. The van der Waals surface area contributed by atoms with Crippen molar-refractivity contribution >= 4 is 11.6 Å². The number of rotatable bonds is 7. The molecular weight excluding hydrogens is 334 g/mol. The Labute approximate surface area is 152 Å². The average molecular weight is 354 g/mol. The minimum absolute atomic E-state index is 0.0158. The number of nitrogens with one attached hydrogen (secondary N) is 1. The maximum atomic E-state index is 6.28. The molecule has 3 rings (SSSR count). The molecule has 25 heavy (non-hydrogen) atoms. The molecule has 5 heteroatoms. The molecule has 0 aliphatic rings. The van der Waals surface area contributed by atoms with E-state index < -0.39 is 0 Å². The summed E-state index contributed by atoms with van der Waals surface area (Å²) in [7, 11) is 1.95. The van der Waals surface area contributed by atoms with Crippen LogP contribution in [-0.2, 0) is 0 Å². The predicted octanol–water partition coefficient (Wildman–Crippen LogP) is 4.53. The van der Waals surface area contributed by atoms with Crippen LogP contribution in [0.15, 0.2) is 66.9 Å². The number of hydrogen-bond acceptors (Lipinski definition) is 4. The second kappa shape index (κ2) is 8.60. The zero-order valence-corrected chi connectivity index (χ0v) is 14.8. The van der Waals surface area contributed by atoms with Gasteiger partial charge in [0.15, 0.2) is 0 Å². The van der Waals surface area contributed by atoms with Crippen LogP contribution >= 0.6 is 11.6 Å². The molecule has 4 nitrogen and oxygen atoms in total. The Bertz CT molecular complexity index is 811. The van der Waals surface area contributed by atoms with Crippen LogP contribution in [0.5, 0.6) is 5.75 Å². The summed E-state index contributed by atoms with van der Waals surface area (Å²) in [4.78, 5) is 8.19. The molecule has 0 unspecified atom stereocenters. The standard InChI is InChI=1S/C20H20ClN3O/c1-22-12-11-19(15-6-3-2-4-7-15)25-17-9-5-8-16(14-17)18-10-13-23-20(21)24-18/h2-10,13-14,19,22H,11-12H2,1H3/t19-/m0/s1. The fourth-order valence-electron chi connectivity index (χ4n) is 2.63. The van der Waals surface area contributed by atoms with Crippen LogP contribution < -0.4 is 10.1 Å². The van der Waals surface area contributed by atoms with Gasteiger partial charge in [-0.15, -0.1) is 0 Å². The van der Waals surface area contributed by atoms with E-state index in [4.69, 9.17) is 16.3 Å². The summed E-state index contributed by atoms with van der Waals surface area (Å²) in [6.45, 7) is 0.876. The molecule has 0 saturated carbocycles. The lowest BCUT2D eigenvalue weighted by Gasteiger charge is -2.20. The van der Waals surface area contributed by atoms with E-state index in [0.717, 1.165) is 35.5 Å². The lowest BCUT2D eigenvalue weighted by molar-refractivity contribution is 0.195. The van der Waals surface area contributed by atoms with Crippen molar-refractivity contribution in [2.45, 2.75) is 12.5 Å². The van der Waals surface area contributed by atoms with Crippen LogP contribution in [0.4, 0.5) is 0 Å². The van der Waals surface area contributed by atoms with E-state index in [1.165, 1.54) is 0 Å². The van der Waals surface area contributed by atoms with Crippen LogP contribution in [0.3, 0.4) is 0 Å². The van der Waals surface area contributed by atoms with Gasteiger partial charge < -0.3 is 10.1 Å². The first kappa shape index (κ1) is 17.4. The van der Waals surface area contributed by atoms with Gasteiger partial charge in [0.1, 0.15) is 11.9 Å². The van der Waals surface area contributed by atoms with Gasteiger partial charge in [-0.3, -0.25) is 0 Å². The highest BCUT2D eigenvalue weighted by Crippen LogP contribution is 2.28. The Morgan fingerprint density at radius 3 is 2.68 bits per heavy atom. The largest absolute Gasteiger partial charge is 0.486 e. The normalized spacial score (nSPS) is 11.9. The summed E-state index contributed by atoms with van der Waals surface area (Å²) in [6, 6.07) is 20.0. The number of ether oxygens (including phenoxy) is 1. The molecule has 1 aromatic heterocycles. The molecule has 0 saturated heterocycles. The average Bonchev–Trinajstić information content (AvgIpc) is 2.66. The lowest BCUT2D eigenvalue weighted by atomic mass is 10.1. The monoisotopic (exact) mass is 353 g/mol. The molecule has 1 atom stereocenters. The molecule has 3 aromatic rings. The Kier molecular flexibility index (Phi) is 5.99. The van der Waals surface area contributed by atoms with Gasteiger partial charge in [-0.05, 0) is 49.0 Å². The van der Waals surface area contributed by atoms with Crippen molar-refractivity contribution in [2.75, 3.05) is 13.6 Å². The molecule has 0 bridgehead atoms. The predicted molar refractivity (Wildman–Crippen MR) is 101 cm³/mol. The van der Waals surface area contributed by atoms with Crippen molar-refractivity contribution in [1.29, 1.82) is 0 Å². The van der Waals surface area contributed by atoms with Crippen LogP contribution in [0, 0.1) is 0 Å². The fourth-order valence-corrected chi connectivity index (χ4v) is 2.77. The third-order valence-corrected chi connectivity index (χ3v) is 4.04. The van der Waals surface area contributed by atoms with Gasteiger partial charge in [-0.2, -0.15) is 0 Å². The van der Waals surface area contributed by atoms with E-state index in [-0.39, 0.29) is 11.4 Å². The van der Waals surface area contributed by atoms with E-state index in [1.807, 2.05) is 55.6 Å². The van der Waals surface area contributed by atoms with E-state index in [1.54, 1.807) is 6.20 Å². The van der Waals surface area contributed by atoms with Crippen molar-refractivity contribution in [1.82, 2.24) is 15.3 Å². The van der Waals surface area contributed by atoms with E-state index in [0.29, 0.717) is 0 Å². The second-order valence-electron chi connectivity index (χ2n) is 5.65. The molecule has 128 valence electrons. The maximum Gasteiger partial charge on any atom is 0.222 e. The maximum absolute atomic E-state index is 6.28. The summed E-state index contributed by atoms with van der Waals surface area (Å²) in [5.41, 5.74) is 2.88. The highest BCUT2D eigenvalue weighted by Gasteiger charge is 2.13. The van der Waals surface area contributed by atoms with E-state index >= 15 is 0 Å². The molecule has 0 radical (unpaired) electrons. The van der Waals surface area contributed by atoms with Gasteiger partial charge in [0.05, 0.1) is 5.69 Å². The molecule has 0 aliphatic heterocycles. The van der Waals surface area contributed by atoms with Gasteiger partial charge in [0, 0.05) is 18.2 Å². The first-order valence-corrected chi connectivity index (χ1v) is 8.59. The number of halogens is 1. The van der Waals surface area contributed by atoms with Crippen molar-refractivity contribution in [3.05, 3.63) is 77.7 Å². The Morgan fingerprint density at radius 1 is 1.08 bits per heavy atom. The summed E-state index contributed by atoms with van der Waals surface area (Å²) in [6.07, 6.45) is 2.51. The minimum atomic E-state index is -0.0158. The topological polar surface area (TPSA) is 47.0 Å². The highest BCUT2D eigenvalue weighted by atomic mass is 35.5. The number of aromatic nitrogens is 2. The van der Waals surface area contributed by atoms with Crippen LogP contribution in [0.1, 0.15) is 18.1 Å². The molecule has 0 amide bonds. The molecule has 0 aliphatic carbocycles. The van der Waals surface area contributed by atoms with Crippen molar-refractivity contribution < 1.29 is 4.74 Å². The zero-order valence-electron chi connectivity index (χ0n) is 14.0. The first-order chi connectivity index (χ1) is 12.3. The SMILES string of the molecule is CNCC[C@H](Oc1cccc(-c2ccnc(Cl)n2)c1)c1ccccc1. The van der Waals surface area contributed by atoms with Gasteiger partial charge in [0.25, 0.3) is 0 Å². The molecule has 1 N–H and O–H groups in total. The van der Waals surface area contributed by atoms with Crippen LogP contribution in [-0.4, -0.2) is 23.6 Å². The van der Waals surface area contributed by atoms with E-state index in [9.17, 15) is 0 Å². The molecule has 0 spiro atoms. The highest BCUT2D eigenvalue weighted by molar-refractivity contribution is 6.28. The number of nitrogens with zero attached hydrogens (tertiary/aromatic N) is 2. The Morgan fingerprint density at radius 2 is 1.92 bits per heavy atom. The van der Waals surface area contributed by atoms with Crippen LogP contribution in [0.2, 0.25) is 5.28 Å². The first-order valence-electron chi connectivity index (χ1n) is 8.21. The zero-order chi connectivity index (χ0) is 17.5. The summed E-state index contributed by atoms with van der Waals surface area (Å²) < 4.78 is 6.28. The second-order valence-corrected chi connectivity index (χ2v) is 5.99. The molecule has 0 fully saturated rings. The Balaban J connectivity index is 1.84. The minimum Gasteiger partial charge on any atom is -0.486 e. The fraction of sp³-hybridized carbons (Fsp3) is 0.200. The third kappa shape index (κ3) is 4.78. The van der Waals surface area contributed by atoms with Crippen LogP contribution in [0.25, 0.3) is 11.3 Å². The smallest absolute Gasteiger partial charge is 0.222 e. The van der Waals surface area contributed by atoms with Gasteiger partial charge in [-0.1, -0.05) is 42.5 Å². The van der Waals surface area contributed by atoms with Crippen molar-refractivity contribution in [2.24, 2.45) is 0 Å². The number of benzene rings is 2. The van der Waals surface area contributed by atoms with E-state index in [2.05, 4.69) is 27.4 Å². The molecule has 1 heterocycles. The quantitative estimate of drug-likeness (QED) is 0.634. The lowest BCUT2D eigenvalue weighted by Crippen LogP contribution is -2.16. The number of hydrogen-bond donors (Lipinski definition) is 1.